The molecule has 1 heterocycles. The quantitative estimate of drug-likeness (QED) is 0.360. The molecule has 0 aliphatic heterocycles. The minimum Gasteiger partial charge on any atom is -0.482 e. The molecule has 7 nitrogen and oxygen atoms in total. The van der Waals surface area contributed by atoms with Crippen LogP contribution in [0.25, 0.3) is 0 Å². The Morgan fingerprint density at radius 1 is 1.03 bits per heavy atom. The van der Waals surface area contributed by atoms with E-state index < -0.39 is 5.97 Å². The van der Waals surface area contributed by atoms with Crippen molar-refractivity contribution in [3.8, 4) is 5.75 Å². The summed E-state index contributed by atoms with van der Waals surface area (Å²) in [6, 6.07) is 15.8. The SMILES string of the molecule is CCC(=O)c1ccc(OCC(=O)OCc2csc(N(C(C)=O)c3ccccc3)n2)cc1. The second-order valence-electron chi connectivity index (χ2n) is 6.56. The summed E-state index contributed by atoms with van der Waals surface area (Å²) >= 11 is 1.29. The monoisotopic (exact) mass is 438 g/mol. The van der Waals surface area contributed by atoms with Gasteiger partial charge in [0.1, 0.15) is 12.4 Å². The Bertz CT molecular complexity index is 1050. The number of hydrogen-bond donors (Lipinski definition) is 0. The Morgan fingerprint density at radius 3 is 2.39 bits per heavy atom. The van der Waals surface area contributed by atoms with E-state index in [1.165, 1.54) is 23.2 Å². The fraction of sp³-hybridized carbons (Fsp3) is 0.217. The number of Topliss-reactive ketones (excluding diaryl/α,β-unsaturated/α-hetero) is 1. The Morgan fingerprint density at radius 2 is 1.74 bits per heavy atom. The molecule has 0 aliphatic rings. The fourth-order valence-electron chi connectivity index (χ4n) is 2.75. The van der Waals surface area contributed by atoms with Crippen LogP contribution in [0.1, 0.15) is 36.3 Å². The highest BCUT2D eigenvalue weighted by atomic mass is 32.1. The van der Waals surface area contributed by atoms with Gasteiger partial charge in [-0.05, 0) is 36.4 Å². The number of thiazole rings is 1. The summed E-state index contributed by atoms with van der Waals surface area (Å²) in [7, 11) is 0. The van der Waals surface area contributed by atoms with Gasteiger partial charge in [-0.15, -0.1) is 11.3 Å². The van der Waals surface area contributed by atoms with E-state index in [0.717, 1.165) is 0 Å². The molecule has 0 fully saturated rings. The number of para-hydroxylation sites is 1. The predicted octanol–water partition coefficient (Wildman–Crippen LogP) is 4.54. The minimum absolute atomic E-state index is 0.0246. The summed E-state index contributed by atoms with van der Waals surface area (Å²) < 4.78 is 10.6. The summed E-state index contributed by atoms with van der Waals surface area (Å²) in [5, 5.41) is 2.24. The van der Waals surface area contributed by atoms with Crippen LogP contribution in [0.15, 0.2) is 60.0 Å². The van der Waals surface area contributed by atoms with Crippen molar-refractivity contribution >= 4 is 39.8 Å². The Hall–Kier alpha value is -3.52. The van der Waals surface area contributed by atoms with Gasteiger partial charge in [-0.25, -0.2) is 9.78 Å². The number of benzene rings is 2. The molecule has 1 aromatic heterocycles. The second-order valence-corrected chi connectivity index (χ2v) is 7.40. The smallest absolute Gasteiger partial charge is 0.344 e. The van der Waals surface area contributed by atoms with E-state index in [-0.39, 0.29) is 24.9 Å². The maximum Gasteiger partial charge on any atom is 0.344 e. The highest BCUT2D eigenvalue weighted by molar-refractivity contribution is 7.14. The number of anilines is 2. The lowest BCUT2D eigenvalue weighted by Crippen LogP contribution is -2.22. The van der Waals surface area contributed by atoms with Crippen LogP contribution in [0.3, 0.4) is 0 Å². The number of ketones is 1. The number of ether oxygens (including phenoxy) is 2. The van der Waals surface area contributed by atoms with Gasteiger partial charge in [-0.3, -0.25) is 14.5 Å². The first kappa shape index (κ1) is 22.2. The predicted molar refractivity (Wildman–Crippen MR) is 118 cm³/mol. The molecule has 160 valence electrons. The molecule has 3 rings (SSSR count). The van der Waals surface area contributed by atoms with Gasteiger partial charge < -0.3 is 9.47 Å². The summed E-state index contributed by atoms with van der Waals surface area (Å²) in [5.74, 6) is -0.191. The van der Waals surface area contributed by atoms with Gasteiger partial charge in [0.25, 0.3) is 0 Å². The van der Waals surface area contributed by atoms with E-state index in [1.807, 2.05) is 30.3 Å². The standard InChI is InChI=1S/C23H22N2O5S/c1-3-21(27)17-9-11-20(12-10-17)29-14-22(28)30-13-18-15-31-23(24-18)25(16(2)26)19-7-5-4-6-8-19/h4-12,15H,3,13-14H2,1-2H3. The van der Waals surface area contributed by atoms with Crippen molar-refractivity contribution in [2.45, 2.75) is 26.9 Å². The first-order valence-corrected chi connectivity index (χ1v) is 10.6. The van der Waals surface area contributed by atoms with Crippen molar-refractivity contribution in [1.82, 2.24) is 4.98 Å². The number of amides is 1. The highest BCUT2D eigenvalue weighted by Crippen LogP contribution is 2.28. The Labute approximate surface area is 184 Å². The van der Waals surface area contributed by atoms with Gasteiger partial charge in [-0.1, -0.05) is 25.1 Å². The molecule has 0 atom stereocenters. The van der Waals surface area contributed by atoms with Crippen LogP contribution < -0.4 is 9.64 Å². The van der Waals surface area contributed by atoms with Crippen molar-refractivity contribution in [2.75, 3.05) is 11.5 Å². The van der Waals surface area contributed by atoms with E-state index in [4.69, 9.17) is 9.47 Å². The van der Waals surface area contributed by atoms with Crippen LogP contribution in [0.2, 0.25) is 0 Å². The third-order valence-electron chi connectivity index (χ3n) is 4.30. The lowest BCUT2D eigenvalue weighted by atomic mass is 10.1. The maximum absolute atomic E-state index is 12.1. The second kappa shape index (κ2) is 10.5. The van der Waals surface area contributed by atoms with E-state index in [2.05, 4.69) is 4.98 Å². The fourth-order valence-corrected chi connectivity index (χ4v) is 3.62. The summed E-state index contributed by atoms with van der Waals surface area (Å²) in [5.41, 5.74) is 1.86. The molecule has 0 radical (unpaired) electrons. The van der Waals surface area contributed by atoms with Crippen LogP contribution in [0.4, 0.5) is 10.8 Å². The van der Waals surface area contributed by atoms with Crippen molar-refractivity contribution < 1.29 is 23.9 Å². The molecule has 1 amide bonds. The zero-order valence-electron chi connectivity index (χ0n) is 17.2. The van der Waals surface area contributed by atoms with Crippen LogP contribution in [-0.4, -0.2) is 29.3 Å². The van der Waals surface area contributed by atoms with Gasteiger partial charge in [0.2, 0.25) is 5.91 Å². The average molecular weight is 439 g/mol. The van der Waals surface area contributed by atoms with Gasteiger partial charge in [0, 0.05) is 24.3 Å². The molecule has 0 spiro atoms. The molecule has 0 aliphatic carbocycles. The number of rotatable bonds is 9. The minimum atomic E-state index is -0.547. The van der Waals surface area contributed by atoms with Crippen LogP contribution >= 0.6 is 11.3 Å². The van der Waals surface area contributed by atoms with Crippen LogP contribution in [0, 0.1) is 0 Å². The van der Waals surface area contributed by atoms with Gasteiger partial charge >= 0.3 is 5.97 Å². The Balaban J connectivity index is 1.52. The van der Waals surface area contributed by atoms with Gasteiger partial charge in [0.15, 0.2) is 17.5 Å². The highest BCUT2D eigenvalue weighted by Gasteiger charge is 2.18. The molecule has 31 heavy (non-hydrogen) atoms. The van der Waals surface area contributed by atoms with Crippen LogP contribution in [0.5, 0.6) is 5.75 Å². The number of hydrogen-bond acceptors (Lipinski definition) is 7. The molecule has 0 unspecified atom stereocenters. The molecule has 0 bridgehead atoms. The van der Waals surface area contributed by atoms with Crippen molar-refractivity contribution in [1.29, 1.82) is 0 Å². The van der Waals surface area contributed by atoms with Crippen molar-refractivity contribution in [2.24, 2.45) is 0 Å². The number of carbonyl (C=O) groups excluding carboxylic acids is 3. The summed E-state index contributed by atoms with van der Waals surface area (Å²) in [4.78, 5) is 41.6. The maximum atomic E-state index is 12.1. The van der Waals surface area contributed by atoms with E-state index >= 15 is 0 Å². The molecule has 3 aromatic rings. The number of aromatic nitrogens is 1. The zero-order chi connectivity index (χ0) is 22.2. The largest absolute Gasteiger partial charge is 0.482 e. The molecule has 0 saturated carbocycles. The van der Waals surface area contributed by atoms with Gasteiger partial charge in [-0.2, -0.15) is 0 Å². The van der Waals surface area contributed by atoms with Crippen molar-refractivity contribution in [3.63, 3.8) is 0 Å². The molecule has 2 aromatic carbocycles. The van der Waals surface area contributed by atoms with E-state index in [1.54, 1.807) is 36.6 Å². The van der Waals surface area contributed by atoms with Gasteiger partial charge in [0.05, 0.1) is 11.4 Å². The number of nitrogens with zero attached hydrogens (tertiary/aromatic N) is 2. The topological polar surface area (TPSA) is 85.8 Å². The van der Waals surface area contributed by atoms with E-state index in [0.29, 0.717) is 34.2 Å². The summed E-state index contributed by atoms with van der Waals surface area (Å²) in [6.07, 6.45) is 0.431. The van der Waals surface area contributed by atoms with E-state index in [9.17, 15) is 14.4 Å². The average Bonchev–Trinajstić information content (AvgIpc) is 3.25. The molecule has 0 N–H and O–H groups in total. The third-order valence-corrected chi connectivity index (χ3v) is 5.17. The Kier molecular flexibility index (Phi) is 7.50. The number of esters is 1. The molecular weight excluding hydrogens is 416 g/mol. The zero-order valence-corrected chi connectivity index (χ0v) is 18.1. The van der Waals surface area contributed by atoms with Crippen molar-refractivity contribution in [3.05, 3.63) is 71.2 Å². The lowest BCUT2D eigenvalue weighted by molar-refractivity contribution is -0.147. The lowest BCUT2D eigenvalue weighted by Gasteiger charge is -2.17. The van der Waals surface area contributed by atoms with Crippen LogP contribution in [-0.2, 0) is 20.9 Å². The third kappa shape index (κ3) is 5.99. The molecule has 0 saturated heterocycles. The normalized spacial score (nSPS) is 10.4. The molecule has 8 heteroatoms. The molecular formula is C23H22N2O5S. The number of carbonyl (C=O) groups is 3. The first-order chi connectivity index (χ1) is 15.0. The summed E-state index contributed by atoms with van der Waals surface area (Å²) in [6.45, 7) is 2.98. The first-order valence-electron chi connectivity index (χ1n) is 9.69.